The number of fused-ring (bicyclic) bond motifs is 1. The summed E-state index contributed by atoms with van der Waals surface area (Å²) < 4.78 is 0. The Kier molecular flexibility index (Phi) is 2.52. The van der Waals surface area contributed by atoms with Crippen LogP contribution in [0.2, 0.25) is 0 Å². The Morgan fingerprint density at radius 1 is 1.57 bits per heavy atom. The van der Waals surface area contributed by atoms with Crippen molar-refractivity contribution in [2.45, 2.75) is 31.7 Å². The molecule has 0 aliphatic heterocycles. The van der Waals surface area contributed by atoms with Crippen LogP contribution in [0.1, 0.15) is 34.5 Å². The molecule has 1 atom stereocenters. The molecule has 1 aliphatic carbocycles. The fraction of sp³-hybridized carbons (Fsp3) is 0.556. The molecule has 76 valence electrons. The largest absolute Gasteiger partial charge is 0.370 e. The van der Waals surface area contributed by atoms with Gasteiger partial charge in [0.05, 0.1) is 11.7 Å². The summed E-state index contributed by atoms with van der Waals surface area (Å²) in [7, 11) is 0. The lowest BCUT2D eigenvalue weighted by molar-refractivity contribution is -0.118. The number of carbonyl (C=O) groups excluding carboxylic acids is 1. The summed E-state index contributed by atoms with van der Waals surface area (Å²) in [6.45, 7) is 0. The molecule has 0 bridgehead atoms. The van der Waals surface area contributed by atoms with Crippen LogP contribution < -0.4 is 11.5 Å². The summed E-state index contributed by atoms with van der Waals surface area (Å²) in [6, 6.07) is -0.317. The zero-order valence-corrected chi connectivity index (χ0v) is 8.64. The molecule has 0 fully saturated rings. The van der Waals surface area contributed by atoms with Crippen molar-refractivity contribution >= 4 is 17.2 Å². The van der Waals surface area contributed by atoms with E-state index in [4.69, 9.17) is 11.5 Å². The van der Waals surface area contributed by atoms with E-state index in [1.54, 1.807) is 11.3 Å². The molecule has 1 aliphatic rings. The lowest BCUT2D eigenvalue weighted by atomic mass is 10.2. The third-order valence-electron chi connectivity index (χ3n) is 2.35. The molecule has 5 heteroatoms. The zero-order valence-electron chi connectivity index (χ0n) is 7.82. The van der Waals surface area contributed by atoms with Gasteiger partial charge in [-0.2, -0.15) is 0 Å². The van der Waals surface area contributed by atoms with Gasteiger partial charge in [-0.25, -0.2) is 4.98 Å². The lowest BCUT2D eigenvalue weighted by Gasteiger charge is -2.04. The van der Waals surface area contributed by atoms with E-state index < -0.39 is 0 Å². The first-order valence-corrected chi connectivity index (χ1v) is 5.51. The highest BCUT2D eigenvalue weighted by molar-refractivity contribution is 7.11. The van der Waals surface area contributed by atoms with Crippen molar-refractivity contribution in [3.05, 3.63) is 15.6 Å². The highest BCUT2D eigenvalue weighted by Crippen LogP contribution is 2.30. The van der Waals surface area contributed by atoms with Gasteiger partial charge in [0.15, 0.2) is 0 Å². The highest BCUT2D eigenvalue weighted by Gasteiger charge is 2.20. The normalized spacial score (nSPS) is 16.6. The van der Waals surface area contributed by atoms with Crippen LogP contribution in [0.5, 0.6) is 0 Å². The molecule has 14 heavy (non-hydrogen) atoms. The maximum Gasteiger partial charge on any atom is 0.219 e. The van der Waals surface area contributed by atoms with Crippen LogP contribution >= 0.6 is 11.3 Å². The minimum absolute atomic E-state index is 0.187. The Balaban J connectivity index is 2.13. The van der Waals surface area contributed by atoms with Crippen molar-refractivity contribution in [2.24, 2.45) is 11.5 Å². The summed E-state index contributed by atoms with van der Waals surface area (Å²) in [4.78, 5) is 16.4. The van der Waals surface area contributed by atoms with Crippen LogP contribution in [0.3, 0.4) is 0 Å². The molecule has 4 nitrogen and oxygen atoms in total. The van der Waals surface area contributed by atoms with Gasteiger partial charge in [-0.1, -0.05) is 0 Å². The fourth-order valence-corrected chi connectivity index (χ4v) is 2.83. The first-order chi connectivity index (χ1) is 6.66. The van der Waals surface area contributed by atoms with Gasteiger partial charge in [0, 0.05) is 11.3 Å². The van der Waals surface area contributed by atoms with Gasteiger partial charge in [0.1, 0.15) is 5.01 Å². The molecule has 0 aromatic carbocycles. The van der Waals surface area contributed by atoms with Gasteiger partial charge in [-0.15, -0.1) is 11.3 Å². The molecule has 4 N–H and O–H groups in total. The molecule has 0 radical (unpaired) electrons. The second kappa shape index (κ2) is 3.67. The predicted octanol–water partition coefficient (Wildman–Crippen LogP) is 0.507. The Labute approximate surface area is 86.3 Å². The predicted molar refractivity (Wildman–Crippen MR) is 54.9 cm³/mol. The Morgan fingerprint density at radius 2 is 2.36 bits per heavy atom. The highest BCUT2D eigenvalue weighted by atomic mass is 32.1. The van der Waals surface area contributed by atoms with Gasteiger partial charge >= 0.3 is 0 Å². The van der Waals surface area contributed by atoms with E-state index in [-0.39, 0.29) is 18.4 Å². The molecule has 2 rings (SSSR count). The quantitative estimate of drug-likeness (QED) is 0.764. The number of aromatic nitrogens is 1. The van der Waals surface area contributed by atoms with Crippen molar-refractivity contribution < 1.29 is 4.79 Å². The molecule has 1 aromatic heterocycles. The smallest absolute Gasteiger partial charge is 0.219 e. The number of amides is 1. The number of hydrogen-bond acceptors (Lipinski definition) is 4. The Bertz CT molecular complexity index is 339. The molecular formula is C9H13N3OS. The number of nitrogens with zero attached hydrogens (tertiary/aromatic N) is 1. The van der Waals surface area contributed by atoms with Crippen LogP contribution in [0.25, 0.3) is 0 Å². The van der Waals surface area contributed by atoms with Crippen LogP contribution in [-0.4, -0.2) is 10.9 Å². The van der Waals surface area contributed by atoms with Crippen molar-refractivity contribution in [3.63, 3.8) is 0 Å². The molecule has 0 unspecified atom stereocenters. The van der Waals surface area contributed by atoms with E-state index in [2.05, 4.69) is 4.98 Å². The molecule has 1 aromatic rings. The molecule has 0 spiro atoms. The van der Waals surface area contributed by atoms with Gasteiger partial charge in [-0.05, 0) is 19.3 Å². The number of nitrogens with two attached hydrogens (primary N) is 2. The first kappa shape index (κ1) is 9.61. The van der Waals surface area contributed by atoms with Gasteiger partial charge in [-0.3, -0.25) is 4.79 Å². The summed E-state index contributed by atoms with van der Waals surface area (Å²) in [6.07, 6.45) is 3.54. The summed E-state index contributed by atoms with van der Waals surface area (Å²) in [5, 5.41) is 0.855. The third-order valence-corrected chi connectivity index (χ3v) is 3.64. The zero-order chi connectivity index (χ0) is 10.1. The number of carbonyl (C=O) groups is 1. The second-order valence-electron chi connectivity index (χ2n) is 3.55. The average molecular weight is 211 g/mol. The van der Waals surface area contributed by atoms with Gasteiger partial charge < -0.3 is 11.5 Å². The third kappa shape index (κ3) is 1.78. The van der Waals surface area contributed by atoms with Crippen LogP contribution in [0, 0.1) is 0 Å². The molecule has 1 heterocycles. The topological polar surface area (TPSA) is 82.0 Å². The second-order valence-corrected chi connectivity index (χ2v) is 4.67. The van der Waals surface area contributed by atoms with Crippen LogP contribution in [0.4, 0.5) is 0 Å². The van der Waals surface area contributed by atoms with E-state index >= 15 is 0 Å². The van der Waals surface area contributed by atoms with E-state index in [1.807, 2.05) is 0 Å². The van der Waals surface area contributed by atoms with Crippen molar-refractivity contribution in [1.82, 2.24) is 4.98 Å². The standard InChI is InChI=1S/C9H13N3OS/c10-5(4-8(11)13)9-12-6-2-1-3-7(6)14-9/h5H,1-4,10H2,(H2,11,13)/t5-/m0/s1. The van der Waals surface area contributed by atoms with E-state index in [9.17, 15) is 4.79 Å². The summed E-state index contributed by atoms with van der Waals surface area (Å²) >= 11 is 1.63. The monoisotopic (exact) mass is 211 g/mol. The molecule has 0 saturated heterocycles. The maximum absolute atomic E-state index is 10.7. The molecular weight excluding hydrogens is 198 g/mol. The van der Waals surface area contributed by atoms with E-state index in [0.29, 0.717) is 0 Å². The van der Waals surface area contributed by atoms with Crippen LogP contribution in [-0.2, 0) is 17.6 Å². The fourth-order valence-electron chi connectivity index (χ4n) is 1.67. The van der Waals surface area contributed by atoms with E-state index in [1.165, 1.54) is 17.0 Å². The van der Waals surface area contributed by atoms with Gasteiger partial charge in [0.25, 0.3) is 0 Å². The maximum atomic E-state index is 10.7. The minimum atomic E-state index is -0.368. The summed E-state index contributed by atoms with van der Waals surface area (Å²) in [5.41, 5.74) is 12.1. The molecule has 0 saturated carbocycles. The van der Waals surface area contributed by atoms with Crippen molar-refractivity contribution in [1.29, 1.82) is 0 Å². The number of aryl methyl sites for hydroxylation is 2. The summed E-state index contributed by atoms with van der Waals surface area (Å²) in [5.74, 6) is -0.368. The van der Waals surface area contributed by atoms with Crippen molar-refractivity contribution in [3.8, 4) is 0 Å². The SMILES string of the molecule is NC(=O)C[C@H](N)c1nc2c(s1)CCC2. The minimum Gasteiger partial charge on any atom is -0.370 e. The first-order valence-electron chi connectivity index (χ1n) is 4.69. The van der Waals surface area contributed by atoms with Crippen LogP contribution in [0.15, 0.2) is 0 Å². The van der Waals surface area contributed by atoms with Crippen molar-refractivity contribution in [2.75, 3.05) is 0 Å². The number of hydrogen-bond donors (Lipinski definition) is 2. The Hall–Kier alpha value is -0.940. The number of rotatable bonds is 3. The molecule has 1 amide bonds. The number of primary amides is 1. The van der Waals surface area contributed by atoms with Gasteiger partial charge in [0.2, 0.25) is 5.91 Å². The average Bonchev–Trinajstić information content (AvgIpc) is 2.58. The number of thiazole rings is 1. The van der Waals surface area contributed by atoms with E-state index in [0.717, 1.165) is 17.8 Å². The lowest BCUT2D eigenvalue weighted by Crippen LogP contribution is -2.20. The Morgan fingerprint density at radius 3 is 3.00 bits per heavy atom.